The molecule has 0 heterocycles. The monoisotopic (exact) mass is 307 g/mol. The van der Waals surface area contributed by atoms with Gasteiger partial charge in [0.15, 0.2) is 0 Å². The zero-order chi connectivity index (χ0) is 14.8. The number of carboxylic acids is 1. The molecule has 1 aromatic rings. The van der Waals surface area contributed by atoms with Crippen molar-refractivity contribution in [3.05, 3.63) is 23.2 Å². The molecule has 0 amide bonds. The van der Waals surface area contributed by atoms with Crippen LogP contribution < -0.4 is 4.74 Å². The number of hydrogen-bond acceptors (Lipinski definition) is 4. The molecule has 1 N–H and O–H groups in total. The standard InChI is InChI=1S/C11H14ClNO5S/c1-7(11(14)15)13(2)19(16,17)8-4-5-10(18-3)9(12)6-8/h4-7H,1-3H3,(H,14,15). The molecule has 0 aliphatic heterocycles. The molecule has 6 nitrogen and oxygen atoms in total. The van der Waals surface area contributed by atoms with E-state index in [4.69, 9.17) is 21.4 Å². The van der Waals surface area contributed by atoms with Gasteiger partial charge in [-0.2, -0.15) is 4.31 Å². The average Bonchev–Trinajstić information content (AvgIpc) is 2.36. The van der Waals surface area contributed by atoms with Crippen molar-refractivity contribution in [3.63, 3.8) is 0 Å². The lowest BCUT2D eigenvalue weighted by atomic mass is 10.3. The highest BCUT2D eigenvalue weighted by atomic mass is 35.5. The molecule has 0 saturated heterocycles. The molecule has 0 fully saturated rings. The predicted molar refractivity (Wildman–Crippen MR) is 70.1 cm³/mol. The highest BCUT2D eigenvalue weighted by Crippen LogP contribution is 2.28. The van der Waals surface area contributed by atoms with Crippen molar-refractivity contribution in [1.82, 2.24) is 4.31 Å². The number of rotatable bonds is 5. The molecule has 0 saturated carbocycles. The molecule has 106 valence electrons. The topological polar surface area (TPSA) is 83.9 Å². The van der Waals surface area contributed by atoms with Crippen LogP contribution in [0.4, 0.5) is 0 Å². The lowest BCUT2D eigenvalue weighted by Gasteiger charge is -2.21. The number of carboxylic acid groups (broad SMARTS) is 1. The fourth-order valence-corrected chi connectivity index (χ4v) is 3.01. The summed E-state index contributed by atoms with van der Waals surface area (Å²) >= 11 is 5.86. The Morgan fingerprint density at radius 2 is 2.05 bits per heavy atom. The van der Waals surface area contributed by atoms with Gasteiger partial charge in [0.25, 0.3) is 0 Å². The molecule has 0 aromatic heterocycles. The second kappa shape index (κ2) is 5.77. The zero-order valence-electron chi connectivity index (χ0n) is 10.6. The van der Waals surface area contributed by atoms with Crippen LogP contribution in [0.3, 0.4) is 0 Å². The van der Waals surface area contributed by atoms with Crippen LogP contribution in [0.5, 0.6) is 5.75 Å². The predicted octanol–water partition coefficient (Wildman–Crippen LogP) is 1.44. The minimum absolute atomic E-state index is 0.0890. The van der Waals surface area contributed by atoms with E-state index in [-0.39, 0.29) is 9.92 Å². The van der Waals surface area contributed by atoms with E-state index < -0.39 is 22.0 Å². The number of aliphatic carboxylic acids is 1. The Hall–Kier alpha value is -1.31. The molecule has 0 spiro atoms. The van der Waals surface area contributed by atoms with Crippen LogP contribution in [0, 0.1) is 0 Å². The van der Waals surface area contributed by atoms with Gasteiger partial charge in [-0.25, -0.2) is 8.42 Å². The van der Waals surface area contributed by atoms with Gasteiger partial charge in [0.1, 0.15) is 11.8 Å². The zero-order valence-corrected chi connectivity index (χ0v) is 12.2. The molecule has 0 aliphatic carbocycles. The molecule has 19 heavy (non-hydrogen) atoms. The van der Waals surface area contributed by atoms with Crippen LogP contribution in [-0.2, 0) is 14.8 Å². The van der Waals surface area contributed by atoms with E-state index in [0.717, 1.165) is 4.31 Å². The summed E-state index contributed by atoms with van der Waals surface area (Å²) in [5.41, 5.74) is 0. The lowest BCUT2D eigenvalue weighted by Crippen LogP contribution is -2.40. The molecule has 0 radical (unpaired) electrons. The summed E-state index contributed by atoms with van der Waals surface area (Å²) in [5.74, 6) is -0.889. The maximum Gasteiger partial charge on any atom is 0.321 e. The van der Waals surface area contributed by atoms with E-state index in [1.807, 2.05) is 0 Å². The van der Waals surface area contributed by atoms with Gasteiger partial charge < -0.3 is 9.84 Å². The first-order valence-electron chi connectivity index (χ1n) is 5.26. The van der Waals surface area contributed by atoms with Crippen molar-refractivity contribution in [2.24, 2.45) is 0 Å². The molecule has 1 unspecified atom stereocenters. The van der Waals surface area contributed by atoms with E-state index >= 15 is 0 Å². The van der Waals surface area contributed by atoms with Crippen molar-refractivity contribution in [3.8, 4) is 5.75 Å². The second-order valence-corrected chi connectivity index (χ2v) is 6.24. The van der Waals surface area contributed by atoms with Crippen molar-refractivity contribution in [2.75, 3.05) is 14.2 Å². The van der Waals surface area contributed by atoms with Crippen molar-refractivity contribution in [2.45, 2.75) is 17.9 Å². The van der Waals surface area contributed by atoms with Gasteiger partial charge in [-0.15, -0.1) is 0 Å². The Morgan fingerprint density at radius 3 is 2.47 bits per heavy atom. The molecule has 1 atom stereocenters. The smallest absolute Gasteiger partial charge is 0.321 e. The Bertz CT molecular complexity index is 587. The SMILES string of the molecule is COc1ccc(S(=O)(=O)N(C)C(C)C(=O)O)cc1Cl. The van der Waals surface area contributed by atoms with Crippen LogP contribution in [0.15, 0.2) is 23.1 Å². The van der Waals surface area contributed by atoms with Crippen LogP contribution in [0.1, 0.15) is 6.92 Å². The third kappa shape index (κ3) is 3.17. The lowest BCUT2D eigenvalue weighted by molar-refractivity contribution is -0.140. The normalized spacial score (nSPS) is 13.3. The number of nitrogens with zero attached hydrogens (tertiary/aromatic N) is 1. The van der Waals surface area contributed by atoms with E-state index in [0.29, 0.717) is 5.75 Å². The number of ether oxygens (including phenoxy) is 1. The van der Waals surface area contributed by atoms with E-state index in [9.17, 15) is 13.2 Å². The summed E-state index contributed by atoms with van der Waals surface area (Å²) in [4.78, 5) is 10.7. The highest BCUT2D eigenvalue weighted by Gasteiger charge is 2.29. The number of halogens is 1. The summed E-state index contributed by atoms with van der Waals surface area (Å²) in [5, 5.41) is 8.99. The summed E-state index contributed by atoms with van der Waals surface area (Å²) in [6, 6.07) is 2.77. The fraction of sp³-hybridized carbons (Fsp3) is 0.364. The van der Waals surface area contributed by atoms with Gasteiger partial charge in [-0.1, -0.05) is 11.6 Å². The van der Waals surface area contributed by atoms with Gasteiger partial charge in [-0.3, -0.25) is 4.79 Å². The van der Waals surface area contributed by atoms with Crippen LogP contribution in [0.25, 0.3) is 0 Å². The molecular formula is C11H14ClNO5S. The molecule has 0 aliphatic rings. The maximum atomic E-state index is 12.2. The van der Waals surface area contributed by atoms with Gasteiger partial charge in [0.05, 0.1) is 17.0 Å². The van der Waals surface area contributed by atoms with Gasteiger partial charge in [0, 0.05) is 7.05 Å². The van der Waals surface area contributed by atoms with Gasteiger partial charge >= 0.3 is 5.97 Å². The summed E-state index contributed by atoms with van der Waals surface area (Å²) < 4.78 is 30.1. The molecule has 1 aromatic carbocycles. The second-order valence-electron chi connectivity index (χ2n) is 3.83. The number of hydrogen-bond donors (Lipinski definition) is 1. The third-order valence-electron chi connectivity index (χ3n) is 2.70. The number of methoxy groups -OCH3 is 1. The number of sulfonamides is 1. The maximum absolute atomic E-state index is 12.2. The van der Waals surface area contributed by atoms with Gasteiger partial charge in [-0.05, 0) is 25.1 Å². The quantitative estimate of drug-likeness (QED) is 0.890. The van der Waals surface area contributed by atoms with Crippen molar-refractivity contribution >= 4 is 27.6 Å². The van der Waals surface area contributed by atoms with Crippen LogP contribution in [0.2, 0.25) is 5.02 Å². The fourth-order valence-electron chi connectivity index (χ4n) is 1.34. The first-order chi connectivity index (χ1) is 8.71. The Kier molecular flexibility index (Phi) is 4.78. The largest absolute Gasteiger partial charge is 0.495 e. The number of benzene rings is 1. The first kappa shape index (κ1) is 15.7. The molecular weight excluding hydrogens is 294 g/mol. The van der Waals surface area contributed by atoms with E-state index in [2.05, 4.69) is 0 Å². The highest BCUT2D eigenvalue weighted by molar-refractivity contribution is 7.89. The Balaban J connectivity index is 3.20. The minimum Gasteiger partial charge on any atom is -0.495 e. The van der Waals surface area contributed by atoms with Crippen LogP contribution in [-0.4, -0.2) is 44.0 Å². The Morgan fingerprint density at radius 1 is 1.47 bits per heavy atom. The summed E-state index contributed by atoms with van der Waals surface area (Å²) in [6.07, 6.45) is 0. The first-order valence-corrected chi connectivity index (χ1v) is 7.08. The van der Waals surface area contributed by atoms with Gasteiger partial charge in [0.2, 0.25) is 10.0 Å². The Labute approximate surface area is 116 Å². The number of carbonyl (C=O) groups is 1. The average molecular weight is 308 g/mol. The summed E-state index contributed by atoms with van der Waals surface area (Å²) in [7, 11) is -1.31. The number of likely N-dealkylation sites (N-methyl/N-ethyl adjacent to an activating group) is 1. The molecule has 1 rings (SSSR count). The van der Waals surface area contributed by atoms with Crippen LogP contribution >= 0.6 is 11.6 Å². The van der Waals surface area contributed by atoms with E-state index in [1.165, 1.54) is 39.3 Å². The molecule has 0 bridgehead atoms. The summed E-state index contributed by atoms with van der Waals surface area (Å²) in [6.45, 7) is 1.28. The minimum atomic E-state index is -3.92. The molecule has 8 heteroatoms. The van der Waals surface area contributed by atoms with E-state index in [1.54, 1.807) is 0 Å². The third-order valence-corrected chi connectivity index (χ3v) is 4.92. The van der Waals surface area contributed by atoms with Crippen molar-refractivity contribution in [1.29, 1.82) is 0 Å². The van der Waals surface area contributed by atoms with Crippen molar-refractivity contribution < 1.29 is 23.1 Å².